The van der Waals surface area contributed by atoms with Crippen LogP contribution >= 0.6 is 0 Å². The lowest BCUT2D eigenvalue weighted by Gasteiger charge is -2.29. The summed E-state index contributed by atoms with van der Waals surface area (Å²) in [7, 11) is 2.18. The van der Waals surface area contributed by atoms with Crippen LogP contribution in [0.25, 0.3) is 11.3 Å². The molecule has 110 valence electrons. The molecule has 1 saturated heterocycles. The summed E-state index contributed by atoms with van der Waals surface area (Å²) >= 11 is 0. The van der Waals surface area contributed by atoms with E-state index in [-0.39, 0.29) is 6.61 Å². The van der Waals surface area contributed by atoms with E-state index in [1.807, 2.05) is 24.3 Å². The molecule has 3 rings (SSSR count). The van der Waals surface area contributed by atoms with E-state index < -0.39 is 0 Å². The van der Waals surface area contributed by atoms with Gasteiger partial charge in [-0.15, -0.1) is 0 Å². The molecule has 2 heterocycles. The van der Waals surface area contributed by atoms with Crippen LogP contribution < -0.4 is 0 Å². The predicted octanol–water partition coefficient (Wildman–Crippen LogP) is 3.05. The fraction of sp³-hybridized carbons (Fsp3) is 0.389. The molecule has 0 bridgehead atoms. The van der Waals surface area contributed by atoms with Crippen molar-refractivity contribution in [2.24, 2.45) is 0 Å². The summed E-state index contributed by atoms with van der Waals surface area (Å²) in [5.41, 5.74) is 4.26. The summed E-state index contributed by atoms with van der Waals surface area (Å²) in [5, 5.41) is 9.12. The van der Waals surface area contributed by atoms with E-state index in [9.17, 15) is 0 Å². The van der Waals surface area contributed by atoms with Crippen molar-refractivity contribution in [3.05, 3.63) is 53.7 Å². The number of benzene rings is 1. The van der Waals surface area contributed by atoms with Crippen molar-refractivity contribution in [3.63, 3.8) is 0 Å². The summed E-state index contributed by atoms with van der Waals surface area (Å²) in [6, 6.07) is 14.3. The van der Waals surface area contributed by atoms with Gasteiger partial charge in [0.25, 0.3) is 0 Å². The molecule has 1 fully saturated rings. The minimum atomic E-state index is 0.0855. The van der Waals surface area contributed by atoms with Gasteiger partial charge in [0.1, 0.15) is 0 Å². The monoisotopic (exact) mass is 282 g/mol. The standard InChI is InChI=1S/C18H22N2O/c1-20-11-3-4-16(12-20)18-6-2-5-17(19-18)15-9-7-14(13-21)8-10-15/h2,5-10,16,21H,3-4,11-13H2,1H3/t16-/m0/s1. The Kier molecular flexibility index (Phi) is 4.32. The van der Waals surface area contributed by atoms with Gasteiger partial charge >= 0.3 is 0 Å². The molecule has 0 unspecified atom stereocenters. The third-order valence-electron chi connectivity index (χ3n) is 4.25. The lowest BCUT2D eigenvalue weighted by Crippen LogP contribution is -2.31. The van der Waals surface area contributed by atoms with Gasteiger partial charge in [-0.05, 0) is 44.1 Å². The lowest BCUT2D eigenvalue weighted by molar-refractivity contribution is 0.248. The molecule has 0 aliphatic carbocycles. The molecule has 0 amide bonds. The zero-order valence-corrected chi connectivity index (χ0v) is 12.5. The van der Waals surface area contributed by atoms with Gasteiger partial charge in [0.15, 0.2) is 0 Å². The Labute approximate surface area is 126 Å². The Morgan fingerprint density at radius 3 is 2.71 bits per heavy atom. The molecule has 1 aromatic carbocycles. The molecule has 1 aromatic heterocycles. The van der Waals surface area contributed by atoms with E-state index in [1.165, 1.54) is 25.1 Å². The van der Waals surface area contributed by atoms with Gasteiger partial charge in [0.2, 0.25) is 0 Å². The molecule has 1 aliphatic rings. The van der Waals surface area contributed by atoms with Crippen molar-refractivity contribution in [1.82, 2.24) is 9.88 Å². The fourth-order valence-electron chi connectivity index (χ4n) is 3.03. The second-order valence-corrected chi connectivity index (χ2v) is 5.90. The van der Waals surface area contributed by atoms with Crippen molar-refractivity contribution in [3.8, 4) is 11.3 Å². The van der Waals surface area contributed by atoms with Gasteiger partial charge < -0.3 is 10.0 Å². The molecule has 1 atom stereocenters. The van der Waals surface area contributed by atoms with E-state index in [0.29, 0.717) is 5.92 Å². The Morgan fingerprint density at radius 2 is 2.00 bits per heavy atom. The van der Waals surface area contributed by atoms with Crippen LogP contribution in [0.1, 0.15) is 30.0 Å². The number of likely N-dealkylation sites (tertiary alicyclic amines) is 1. The van der Waals surface area contributed by atoms with Gasteiger partial charge in [-0.2, -0.15) is 0 Å². The number of hydrogen-bond acceptors (Lipinski definition) is 3. The molecular weight excluding hydrogens is 260 g/mol. The molecule has 1 N–H and O–H groups in total. The van der Waals surface area contributed by atoms with Crippen LogP contribution in [0.3, 0.4) is 0 Å². The zero-order chi connectivity index (χ0) is 14.7. The zero-order valence-electron chi connectivity index (χ0n) is 12.5. The van der Waals surface area contributed by atoms with Crippen LogP contribution in [0.4, 0.5) is 0 Å². The number of likely N-dealkylation sites (N-methyl/N-ethyl adjacent to an activating group) is 1. The Bertz CT molecular complexity index is 594. The first-order valence-electron chi connectivity index (χ1n) is 7.62. The summed E-state index contributed by atoms with van der Waals surface area (Å²) in [6.45, 7) is 2.38. The first-order chi connectivity index (χ1) is 10.3. The second kappa shape index (κ2) is 6.37. The van der Waals surface area contributed by atoms with Crippen LogP contribution in [0.15, 0.2) is 42.5 Å². The van der Waals surface area contributed by atoms with Crippen LogP contribution in [-0.2, 0) is 6.61 Å². The number of aromatic nitrogens is 1. The summed E-state index contributed by atoms with van der Waals surface area (Å²) < 4.78 is 0. The third-order valence-corrected chi connectivity index (χ3v) is 4.25. The lowest BCUT2D eigenvalue weighted by atomic mass is 9.94. The van der Waals surface area contributed by atoms with Gasteiger partial charge in [-0.3, -0.25) is 4.98 Å². The molecule has 1 aliphatic heterocycles. The molecule has 0 saturated carbocycles. The summed E-state index contributed by atoms with van der Waals surface area (Å²) in [6.07, 6.45) is 2.47. The normalized spacial score (nSPS) is 19.6. The summed E-state index contributed by atoms with van der Waals surface area (Å²) in [5.74, 6) is 0.542. The highest BCUT2D eigenvalue weighted by atomic mass is 16.3. The number of nitrogens with zero attached hydrogens (tertiary/aromatic N) is 2. The van der Waals surface area contributed by atoms with E-state index in [4.69, 9.17) is 10.1 Å². The third kappa shape index (κ3) is 3.31. The number of aliphatic hydroxyl groups excluding tert-OH is 1. The number of piperidine rings is 1. The highest BCUT2D eigenvalue weighted by molar-refractivity contribution is 5.59. The Balaban J connectivity index is 1.85. The van der Waals surface area contributed by atoms with Gasteiger partial charge in [0.05, 0.1) is 12.3 Å². The SMILES string of the molecule is CN1CCC[C@H](c2cccc(-c3ccc(CO)cc3)n2)C1. The van der Waals surface area contributed by atoms with Crippen molar-refractivity contribution >= 4 is 0 Å². The summed E-state index contributed by atoms with van der Waals surface area (Å²) in [4.78, 5) is 7.25. The number of pyridine rings is 1. The maximum Gasteiger partial charge on any atom is 0.0705 e. The van der Waals surface area contributed by atoms with Crippen molar-refractivity contribution in [1.29, 1.82) is 0 Å². The van der Waals surface area contributed by atoms with Crippen molar-refractivity contribution in [2.45, 2.75) is 25.4 Å². The van der Waals surface area contributed by atoms with Gasteiger partial charge in [0, 0.05) is 23.7 Å². The van der Waals surface area contributed by atoms with Crippen LogP contribution in [0, 0.1) is 0 Å². The van der Waals surface area contributed by atoms with Crippen LogP contribution in [-0.4, -0.2) is 35.1 Å². The molecular formula is C18H22N2O. The molecule has 2 aromatic rings. The maximum absolute atomic E-state index is 9.12. The molecule has 21 heavy (non-hydrogen) atoms. The van der Waals surface area contributed by atoms with Crippen LogP contribution in [0.2, 0.25) is 0 Å². The highest BCUT2D eigenvalue weighted by Gasteiger charge is 2.20. The number of aliphatic hydroxyl groups is 1. The van der Waals surface area contributed by atoms with Gasteiger partial charge in [-0.25, -0.2) is 0 Å². The second-order valence-electron chi connectivity index (χ2n) is 5.90. The fourth-order valence-corrected chi connectivity index (χ4v) is 3.03. The smallest absolute Gasteiger partial charge is 0.0705 e. The average molecular weight is 282 g/mol. The number of rotatable bonds is 3. The molecule has 0 spiro atoms. The van der Waals surface area contributed by atoms with E-state index >= 15 is 0 Å². The number of hydrogen-bond donors (Lipinski definition) is 1. The molecule has 0 radical (unpaired) electrons. The topological polar surface area (TPSA) is 36.4 Å². The first kappa shape index (κ1) is 14.2. The Hall–Kier alpha value is -1.71. The largest absolute Gasteiger partial charge is 0.392 e. The maximum atomic E-state index is 9.12. The van der Waals surface area contributed by atoms with Crippen molar-refractivity contribution in [2.75, 3.05) is 20.1 Å². The predicted molar refractivity (Wildman–Crippen MR) is 85.1 cm³/mol. The highest BCUT2D eigenvalue weighted by Crippen LogP contribution is 2.27. The Morgan fingerprint density at radius 1 is 1.19 bits per heavy atom. The minimum absolute atomic E-state index is 0.0855. The van der Waals surface area contributed by atoms with Crippen LogP contribution in [0.5, 0.6) is 0 Å². The van der Waals surface area contributed by atoms with E-state index in [0.717, 1.165) is 23.4 Å². The van der Waals surface area contributed by atoms with E-state index in [2.05, 4.69) is 30.1 Å². The van der Waals surface area contributed by atoms with E-state index in [1.54, 1.807) is 0 Å². The molecule has 3 heteroatoms. The minimum Gasteiger partial charge on any atom is -0.392 e. The quantitative estimate of drug-likeness (QED) is 0.940. The first-order valence-corrected chi connectivity index (χ1v) is 7.62. The average Bonchev–Trinajstić information content (AvgIpc) is 2.55. The van der Waals surface area contributed by atoms with Crippen molar-refractivity contribution < 1.29 is 5.11 Å². The van der Waals surface area contributed by atoms with Gasteiger partial charge in [-0.1, -0.05) is 30.3 Å². The molecule has 3 nitrogen and oxygen atoms in total.